The Morgan fingerprint density at radius 1 is 1.35 bits per heavy atom. The Labute approximate surface area is 173 Å². The zero-order chi connectivity index (χ0) is 18.3. The Morgan fingerprint density at radius 3 is 2.62 bits per heavy atom. The van der Waals surface area contributed by atoms with Crippen LogP contribution in [0.5, 0.6) is 5.88 Å². The number of nitrogens with zero attached hydrogens (tertiary/aromatic N) is 3. The first kappa shape index (κ1) is 22.5. The first-order valence-electron chi connectivity index (χ1n) is 8.66. The van der Waals surface area contributed by atoms with Gasteiger partial charge in [0, 0.05) is 46.5 Å². The summed E-state index contributed by atoms with van der Waals surface area (Å²) in [7, 11) is 6.99. The van der Waals surface area contributed by atoms with Gasteiger partial charge in [0.15, 0.2) is 5.96 Å². The van der Waals surface area contributed by atoms with E-state index < -0.39 is 0 Å². The zero-order valence-electron chi connectivity index (χ0n) is 16.0. The average Bonchev–Trinajstić information content (AvgIpc) is 3.11. The molecule has 1 heterocycles. The highest BCUT2D eigenvalue weighted by Crippen LogP contribution is 2.38. The van der Waals surface area contributed by atoms with Crippen molar-refractivity contribution in [1.29, 1.82) is 0 Å². The summed E-state index contributed by atoms with van der Waals surface area (Å²) in [6.45, 7) is 1.20. The molecule has 146 valence electrons. The molecular weight excluding hydrogens is 445 g/mol. The van der Waals surface area contributed by atoms with Gasteiger partial charge in [-0.1, -0.05) is 12.8 Å². The lowest BCUT2D eigenvalue weighted by atomic mass is 9.84. The van der Waals surface area contributed by atoms with Crippen molar-refractivity contribution in [2.24, 2.45) is 10.4 Å². The Balaban J connectivity index is 0.00000338. The largest absolute Gasteiger partial charge is 0.481 e. The Kier molecular flexibility index (Phi) is 9.11. The molecule has 0 aromatic carbocycles. The maximum atomic E-state index is 12.6. The molecule has 1 saturated carbocycles. The summed E-state index contributed by atoms with van der Waals surface area (Å²) >= 11 is 0. The Bertz CT molecular complexity index is 615. The van der Waals surface area contributed by atoms with Gasteiger partial charge in [-0.05, 0) is 24.5 Å². The van der Waals surface area contributed by atoms with Gasteiger partial charge in [-0.15, -0.1) is 24.0 Å². The molecule has 2 rings (SSSR count). The monoisotopic (exact) mass is 475 g/mol. The summed E-state index contributed by atoms with van der Waals surface area (Å²) in [6, 6.07) is 3.81. The molecule has 0 spiro atoms. The summed E-state index contributed by atoms with van der Waals surface area (Å²) in [4.78, 5) is 22.7. The highest BCUT2D eigenvalue weighted by atomic mass is 127. The molecule has 0 unspecified atom stereocenters. The molecule has 0 atom stereocenters. The van der Waals surface area contributed by atoms with E-state index in [9.17, 15) is 4.79 Å². The Hall–Kier alpha value is -1.58. The molecule has 2 N–H and O–H groups in total. The van der Waals surface area contributed by atoms with E-state index in [0.717, 1.165) is 31.2 Å². The normalized spacial score (nSPS) is 15.8. The van der Waals surface area contributed by atoms with Gasteiger partial charge < -0.3 is 20.3 Å². The van der Waals surface area contributed by atoms with Crippen molar-refractivity contribution >= 4 is 35.8 Å². The second-order valence-corrected chi connectivity index (χ2v) is 6.67. The van der Waals surface area contributed by atoms with Crippen LogP contribution in [0.15, 0.2) is 23.3 Å². The van der Waals surface area contributed by atoms with Crippen LogP contribution in [-0.2, 0) is 11.3 Å². The summed E-state index contributed by atoms with van der Waals surface area (Å²) in [5.41, 5.74) is 0.732. The zero-order valence-corrected chi connectivity index (χ0v) is 18.4. The van der Waals surface area contributed by atoms with Crippen LogP contribution >= 0.6 is 24.0 Å². The van der Waals surface area contributed by atoms with Gasteiger partial charge in [0.25, 0.3) is 0 Å². The SMILES string of the molecule is CN=C(NCc1ccnc(OC)c1)NCC1(C(=O)N(C)C)CCCC1.I. The van der Waals surface area contributed by atoms with Gasteiger partial charge in [-0.25, -0.2) is 4.98 Å². The molecular formula is C18H30IN5O2. The van der Waals surface area contributed by atoms with Crippen LogP contribution in [0.25, 0.3) is 0 Å². The molecule has 7 nitrogen and oxygen atoms in total. The quantitative estimate of drug-likeness (QED) is 0.374. The van der Waals surface area contributed by atoms with E-state index in [4.69, 9.17) is 4.74 Å². The fourth-order valence-corrected chi connectivity index (χ4v) is 3.32. The first-order chi connectivity index (χ1) is 12.0. The predicted molar refractivity (Wildman–Crippen MR) is 114 cm³/mol. The second-order valence-electron chi connectivity index (χ2n) is 6.67. The molecule has 1 fully saturated rings. The van der Waals surface area contributed by atoms with E-state index in [-0.39, 0.29) is 35.3 Å². The van der Waals surface area contributed by atoms with Crippen LogP contribution in [0.2, 0.25) is 0 Å². The molecule has 0 saturated heterocycles. The number of hydrogen-bond acceptors (Lipinski definition) is 4. The molecule has 1 aliphatic rings. The van der Waals surface area contributed by atoms with E-state index >= 15 is 0 Å². The van der Waals surface area contributed by atoms with Gasteiger partial charge in [-0.2, -0.15) is 0 Å². The molecule has 0 aliphatic heterocycles. The number of hydrogen-bond donors (Lipinski definition) is 2. The number of aromatic nitrogens is 1. The third-order valence-corrected chi connectivity index (χ3v) is 4.71. The topological polar surface area (TPSA) is 78.9 Å². The van der Waals surface area contributed by atoms with Crippen LogP contribution in [-0.4, -0.2) is 56.5 Å². The summed E-state index contributed by atoms with van der Waals surface area (Å²) in [5, 5.41) is 6.61. The first-order valence-corrected chi connectivity index (χ1v) is 8.66. The maximum absolute atomic E-state index is 12.6. The smallest absolute Gasteiger partial charge is 0.230 e. The number of halogens is 1. The van der Waals surface area contributed by atoms with Crippen molar-refractivity contribution in [2.75, 3.05) is 34.8 Å². The fraction of sp³-hybridized carbons (Fsp3) is 0.611. The van der Waals surface area contributed by atoms with Crippen LogP contribution in [0.1, 0.15) is 31.2 Å². The highest BCUT2D eigenvalue weighted by Gasteiger charge is 2.42. The van der Waals surface area contributed by atoms with Crippen LogP contribution in [0.3, 0.4) is 0 Å². The number of methoxy groups -OCH3 is 1. The van der Waals surface area contributed by atoms with Crippen molar-refractivity contribution in [1.82, 2.24) is 20.5 Å². The summed E-state index contributed by atoms with van der Waals surface area (Å²) < 4.78 is 5.14. The van der Waals surface area contributed by atoms with E-state index in [0.29, 0.717) is 24.9 Å². The number of amides is 1. The lowest BCUT2D eigenvalue weighted by Crippen LogP contribution is -2.49. The minimum Gasteiger partial charge on any atom is -0.481 e. The van der Waals surface area contributed by atoms with Gasteiger partial charge in [-0.3, -0.25) is 9.79 Å². The van der Waals surface area contributed by atoms with Gasteiger partial charge in [0.2, 0.25) is 11.8 Å². The van der Waals surface area contributed by atoms with Crippen molar-refractivity contribution in [3.63, 3.8) is 0 Å². The number of rotatable bonds is 6. The van der Waals surface area contributed by atoms with E-state index in [2.05, 4.69) is 20.6 Å². The molecule has 8 heteroatoms. The minimum absolute atomic E-state index is 0. The van der Waals surface area contributed by atoms with Crippen molar-refractivity contribution in [3.05, 3.63) is 23.9 Å². The van der Waals surface area contributed by atoms with Gasteiger partial charge >= 0.3 is 0 Å². The van der Waals surface area contributed by atoms with E-state index in [1.165, 1.54) is 0 Å². The fourth-order valence-electron chi connectivity index (χ4n) is 3.32. The van der Waals surface area contributed by atoms with Crippen LogP contribution in [0.4, 0.5) is 0 Å². The molecule has 1 aromatic rings. The molecule has 0 radical (unpaired) electrons. The highest BCUT2D eigenvalue weighted by molar-refractivity contribution is 14.0. The summed E-state index contributed by atoms with van der Waals surface area (Å²) in [5.74, 6) is 1.48. The van der Waals surface area contributed by atoms with Crippen molar-refractivity contribution in [2.45, 2.75) is 32.2 Å². The number of ether oxygens (including phenoxy) is 1. The minimum atomic E-state index is -0.318. The molecule has 1 amide bonds. The molecule has 1 aromatic heterocycles. The lowest BCUT2D eigenvalue weighted by molar-refractivity contribution is -0.138. The van der Waals surface area contributed by atoms with Gasteiger partial charge in [0.05, 0.1) is 12.5 Å². The number of nitrogens with one attached hydrogen (secondary N) is 2. The number of pyridine rings is 1. The predicted octanol–water partition coefficient (Wildman–Crippen LogP) is 2.02. The Morgan fingerprint density at radius 2 is 2.04 bits per heavy atom. The van der Waals surface area contributed by atoms with Crippen molar-refractivity contribution in [3.8, 4) is 5.88 Å². The number of guanidine groups is 1. The van der Waals surface area contributed by atoms with Crippen LogP contribution in [0, 0.1) is 5.41 Å². The number of carbonyl (C=O) groups is 1. The molecule has 1 aliphatic carbocycles. The van der Waals surface area contributed by atoms with Crippen molar-refractivity contribution < 1.29 is 9.53 Å². The second kappa shape index (κ2) is 10.5. The summed E-state index contributed by atoms with van der Waals surface area (Å²) in [6.07, 6.45) is 5.77. The number of carbonyl (C=O) groups excluding carboxylic acids is 1. The molecule has 26 heavy (non-hydrogen) atoms. The number of aliphatic imine (C=N–C) groups is 1. The molecule has 0 bridgehead atoms. The lowest BCUT2D eigenvalue weighted by Gasteiger charge is -2.31. The van der Waals surface area contributed by atoms with Gasteiger partial charge in [0.1, 0.15) is 0 Å². The van der Waals surface area contributed by atoms with Crippen LogP contribution < -0.4 is 15.4 Å². The van der Waals surface area contributed by atoms with E-state index in [1.807, 2.05) is 26.2 Å². The maximum Gasteiger partial charge on any atom is 0.230 e. The third-order valence-electron chi connectivity index (χ3n) is 4.71. The standard InChI is InChI=1S/C18H29N5O2.HI/c1-19-17(21-12-14-7-10-20-15(11-14)25-4)22-13-18(8-5-6-9-18)16(24)23(2)3;/h7,10-11H,5-6,8-9,12-13H2,1-4H3,(H2,19,21,22);1H. The third kappa shape index (κ3) is 5.72. The van der Waals surface area contributed by atoms with E-state index in [1.54, 1.807) is 25.3 Å². The average molecular weight is 475 g/mol.